The molecule has 0 unspecified atom stereocenters. The maximum Gasteiger partial charge on any atom is 0.289 e. The van der Waals surface area contributed by atoms with Gasteiger partial charge in [0, 0.05) is 37.4 Å². The number of furan rings is 1. The molecule has 2 amide bonds. The van der Waals surface area contributed by atoms with Crippen molar-refractivity contribution >= 4 is 27.3 Å². The summed E-state index contributed by atoms with van der Waals surface area (Å²) in [6.45, 7) is 6.05. The molecule has 0 spiro atoms. The number of amides is 2. The third kappa shape index (κ3) is 5.80. The second kappa shape index (κ2) is 10.5. The van der Waals surface area contributed by atoms with E-state index in [-0.39, 0.29) is 34.8 Å². The van der Waals surface area contributed by atoms with Gasteiger partial charge in [-0.25, -0.2) is 8.42 Å². The zero-order chi connectivity index (χ0) is 25.0. The molecule has 2 heterocycles. The van der Waals surface area contributed by atoms with Gasteiger partial charge in [-0.1, -0.05) is 36.4 Å². The van der Waals surface area contributed by atoms with E-state index in [2.05, 4.69) is 5.32 Å². The Kier molecular flexibility index (Phi) is 7.37. The number of piperazine rings is 1. The lowest BCUT2D eigenvalue weighted by molar-refractivity contribution is -0.117. The van der Waals surface area contributed by atoms with Gasteiger partial charge in [0.15, 0.2) is 15.6 Å². The fraction of sp³-hybridized carbons (Fsp3) is 0.308. The van der Waals surface area contributed by atoms with Gasteiger partial charge in [0.25, 0.3) is 5.91 Å². The summed E-state index contributed by atoms with van der Waals surface area (Å²) in [6, 6.07) is 15.5. The quantitative estimate of drug-likeness (QED) is 0.540. The molecule has 0 radical (unpaired) electrons. The number of nitrogens with one attached hydrogen (secondary N) is 1. The fourth-order valence-corrected chi connectivity index (χ4v) is 5.57. The monoisotopic (exact) mass is 495 g/mol. The molecule has 1 N–H and O–H groups in total. The van der Waals surface area contributed by atoms with Crippen LogP contribution < -0.4 is 5.32 Å². The highest BCUT2D eigenvalue weighted by molar-refractivity contribution is 7.90. The summed E-state index contributed by atoms with van der Waals surface area (Å²) < 4.78 is 30.9. The smallest absolute Gasteiger partial charge is 0.289 e. The average molecular weight is 496 g/mol. The first-order valence-electron chi connectivity index (χ1n) is 11.5. The number of sulfone groups is 1. The van der Waals surface area contributed by atoms with E-state index in [0.29, 0.717) is 31.7 Å². The van der Waals surface area contributed by atoms with E-state index in [4.69, 9.17) is 4.42 Å². The van der Waals surface area contributed by atoms with Crippen LogP contribution in [0.25, 0.3) is 0 Å². The van der Waals surface area contributed by atoms with Crippen molar-refractivity contribution in [2.75, 3.05) is 38.0 Å². The van der Waals surface area contributed by atoms with Gasteiger partial charge in [-0.15, -0.1) is 0 Å². The van der Waals surface area contributed by atoms with Crippen LogP contribution >= 0.6 is 0 Å². The number of carbonyl (C=O) groups excluding carboxylic acids is 2. The van der Waals surface area contributed by atoms with Gasteiger partial charge in [0.2, 0.25) is 5.91 Å². The molecular formula is C26H29N3O5S. The summed E-state index contributed by atoms with van der Waals surface area (Å²) in [6.07, 6.45) is 1.34. The summed E-state index contributed by atoms with van der Waals surface area (Å²) in [5, 5.41) is 2.99. The third-order valence-electron chi connectivity index (χ3n) is 6.16. The lowest BCUT2D eigenvalue weighted by atomic mass is 10.1. The molecule has 8 nitrogen and oxygen atoms in total. The zero-order valence-corrected chi connectivity index (χ0v) is 20.7. The molecule has 3 aromatic rings. The number of para-hydroxylation sites is 1. The molecule has 0 atom stereocenters. The molecule has 1 aliphatic rings. The number of benzene rings is 2. The highest BCUT2D eigenvalue weighted by Crippen LogP contribution is 2.22. The van der Waals surface area contributed by atoms with Gasteiger partial charge in [0.05, 0.1) is 23.5 Å². The van der Waals surface area contributed by atoms with Crippen LogP contribution in [0.1, 0.15) is 27.2 Å². The first-order valence-corrected chi connectivity index (χ1v) is 13.1. The van der Waals surface area contributed by atoms with Crippen molar-refractivity contribution in [3.05, 3.63) is 83.3 Å². The van der Waals surface area contributed by atoms with Gasteiger partial charge < -0.3 is 14.6 Å². The predicted octanol–water partition coefficient (Wildman–Crippen LogP) is 3.27. The van der Waals surface area contributed by atoms with E-state index < -0.39 is 9.84 Å². The van der Waals surface area contributed by atoms with E-state index in [9.17, 15) is 18.0 Å². The van der Waals surface area contributed by atoms with E-state index in [1.54, 1.807) is 23.1 Å². The van der Waals surface area contributed by atoms with Crippen molar-refractivity contribution in [2.45, 2.75) is 24.5 Å². The summed E-state index contributed by atoms with van der Waals surface area (Å²) in [5.41, 5.74) is 3.20. The maximum absolute atomic E-state index is 13.1. The van der Waals surface area contributed by atoms with Crippen molar-refractivity contribution in [2.24, 2.45) is 0 Å². The molecular weight excluding hydrogens is 466 g/mol. The number of nitrogens with zero attached hydrogens (tertiary/aromatic N) is 2. The van der Waals surface area contributed by atoms with Crippen molar-refractivity contribution < 1.29 is 22.4 Å². The van der Waals surface area contributed by atoms with Crippen LogP contribution in [0.2, 0.25) is 0 Å². The Balaban J connectivity index is 1.34. The van der Waals surface area contributed by atoms with Crippen molar-refractivity contribution in [1.29, 1.82) is 0 Å². The highest BCUT2D eigenvalue weighted by atomic mass is 32.2. The first kappa shape index (κ1) is 24.7. The van der Waals surface area contributed by atoms with Gasteiger partial charge in [-0.05, 0) is 43.2 Å². The Morgan fingerprint density at radius 2 is 1.57 bits per heavy atom. The molecule has 35 heavy (non-hydrogen) atoms. The standard InChI is InChI=1S/C26H29N3O5S/c1-19-7-6-8-20(2)24(19)27-23(30)17-28-12-14-29(15-13-28)26(31)25-21(11-16-34-25)18-35(32,33)22-9-4-3-5-10-22/h3-11,16H,12-15,17-18H2,1-2H3,(H,27,30). The van der Waals surface area contributed by atoms with Crippen LogP contribution in [0.15, 0.2) is 70.2 Å². The summed E-state index contributed by atoms with van der Waals surface area (Å²) in [4.78, 5) is 29.5. The number of rotatable bonds is 7. The summed E-state index contributed by atoms with van der Waals surface area (Å²) >= 11 is 0. The molecule has 184 valence electrons. The molecule has 0 aliphatic carbocycles. The van der Waals surface area contributed by atoms with Crippen LogP contribution in [-0.2, 0) is 20.4 Å². The molecule has 1 fully saturated rings. The molecule has 4 rings (SSSR count). The Labute approximate surface area is 205 Å². The Hall–Kier alpha value is -3.43. The van der Waals surface area contributed by atoms with E-state index in [1.807, 2.05) is 36.9 Å². The number of hydrogen-bond acceptors (Lipinski definition) is 6. The fourth-order valence-electron chi connectivity index (χ4n) is 4.20. The zero-order valence-electron chi connectivity index (χ0n) is 19.9. The number of aryl methyl sites for hydroxylation is 2. The highest BCUT2D eigenvalue weighted by Gasteiger charge is 2.28. The number of carbonyl (C=O) groups is 2. The van der Waals surface area contributed by atoms with Crippen LogP contribution in [0.4, 0.5) is 5.69 Å². The van der Waals surface area contributed by atoms with Gasteiger partial charge in [0.1, 0.15) is 0 Å². The van der Waals surface area contributed by atoms with Gasteiger partial charge in [-0.2, -0.15) is 0 Å². The van der Waals surface area contributed by atoms with Crippen LogP contribution in [0.5, 0.6) is 0 Å². The Bertz CT molecular complexity index is 1290. The molecule has 1 saturated heterocycles. The third-order valence-corrected chi connectivity index (χ3v) is 7.84. The number of anilines is 1. The SMILES string of the molecule is Cc1cccc(C)c1NC(=O)CN1CCN(C(=O)c2occc2CS(=O)(=O)c2ccccc2)CC1. The lowest BCUT2D eigenvalue weighted by Gasteiger charge is -2.34. The molecule has 1 aliphatic heterocycles. The minimum Gasteiger partial charge on any atom is -0.459 e. The minimum absolute atomic E-state index is 0.0470. The van der Waals surface area contributed by atoms with E-state index in [0.717, 1.165) is 16.8 Å². The molecule has 9 heteroatoms. The van der Waals surface area contributed by atoms with Crippen molar-refractivity contribution in [1.82, 2.24) is 9.80 Å². The van der Waals surface area contributed by atoms with E-state index >= 15 is 0 Å². The first-order chi connectivity index (χ1) is 16.7. The molecule has 2 aromatic carbocycles. The summed E-state index contributed by atoms with van der Waals surface area (Å²) in [5.74, 6) is -0.701. The van der Waals surface area contributed by atoms with Crippen LogP contribution in [-0.4, -0.2) is 62.8 Å². The van der Waals surface area contributed by atoms with Crippen molar-refractivity contribution in [3.8, 4) is 0 Å². The lowest BCUT2D eigenvalue weighted by Crippen LogP contribution is -2.50. The second-order valence-electron chi connectivity index (χ2n) is 8.73. The van der Waals surface area contributed by atoms with E-state index in [1.165, 1.54) is 24.5 Å². The average Bonchev–Trinajstić information content (AvgIpc) is 3.29. The second-order valence-corrected chi connectivity index (χ2v) is 10.7. The Morgan fingerprint density at radius 3 is 2.23 bits per heavy atom. The Morgan fingerprint density at radius 1 is 0.914 bits per heavy atom. The minimum atomic E-state index is -3.61. The van der Waals surface area contributed by atoms with Gasteiger partial charge in [-0.3, -0.25) is 14.5 Å². The van der Waals surface area contributed by atoms with Crippen LogP contribution in [0, 0.1) is 13.8 Å². The van der Waals surface area contributed by atoms with Crippen LogP contribution in [0.3, 0.4) is 0 Å². The molecule has 0 saturated carbocycles. The summed E-state index contributed by atoms with van der Waals surface area (Å²) in [7, 11) is -3.61. The molecule has 0 bridgehead atoms. The predicted molar refractivity (Wildman–Crippen MR) is 133 cm³/mol. The molecule has 1 aromatic heterocycles. The maximum atomic E-state index is 13.1. The number of hydrogen-bond donors (Lipinski definition) is 1. The van der Waals surface area contributed by atoms with Crippen molar-refractivity contribution in [3.63, 3.8) is 0 Å². The normalized spacial score (nSPS) is 14.6. The topological polar surface area (TPSA) is 99.9 Å². The van der Waals surface area contributed by atoms with Gasteiger partial charge >= 0.3 is 0 Å². The largest absolute Gasteiger partial charge is 0.459 e.